The van der Waals surface area contributed by atoms with Crippen molar-refractivity contribution in [2.75, 3.05) is 31.1 Å². The van der Waals surface area contributed by atoms with Crippen molar-refractivity contribution in [2.24, 2.45) is 0 Å². The van der Waals surface area contributed by atoms with E-state index in [1.807, 2.05) is 17.9 Å². The molecule has 0 bridgehead atoms. The third-order valence-electron chi connectivity index (χ3n) is 4.82. The van der Waals surface area contributed by atoms with E-state index in [1.165, 1.54) is 6.07 Å². The van der Waals surface area contributed by atoms with Crippen LogP contribution >= 0.6 is 11.6 Å². The predicted octanol–water partition coefficient (Wildman–Crippen LogP) is 4.56. The summed E-state index contributed by atoms with van der Waals surface area (Å²) in [7, 11) is 0. The molecule has 1 amide bonds. The number of ketones is 1. The van der Waals surface area contributed by atoms with Gasteiger partial charge in [0, 0.05) is 43.7 Å². The van der Waals surface area contributed by atoms with E-state index >= 15 is 0 Å². The molecule has 1 aliphatic rings. The molecule has 1 fully saturated rings. The summed E-state index contributed by atoms with van der Waals surface area (Å²) in [6.45, 7) is 3.93. The zero-order valence-electron chi connectivity index (χ0n) is 15.6. The van der Waals surface area contributed by atoms with Crippen molar-refractivity contribution < 1.29 is 18.4 Å². The molecule has 0 spiro atoms. The van der Waals surface area contributed by atoms with Crippen LogP contribution < -0.4 is 4.90 Å². The topological polar surface area (TPSA) is 40.6 Å². The summed E-state index contributed by atoms with van der Waals surface area (Å²) in [6, 6.07) is 8.47. The van der Waals surface area contributed by atoms with Gasteiger partial charge in [0.25, 0.3) is 5.91 Å². The maximum absolute atomic E-state index is 13.4. The van der Waals surface area contributed by atoms with Crippen molar-refractivity contribution in [3.63, 3.8) is 0 Å². The highest BCUT2D eigenvalue weighted by molar-refractivity contribution is 6.33. The number of rotatable bonds is 5. The first-order chi connectivity index (χ1) is 13.4. The zero-order valence-corrected chi connectivity index (χ0v) is 16.3. The van der Waals surface area contributed by atoms with Crippen LogP contribution in [0.3, 0.4) is 0 Å². The molecule has 0 radical (unpaired) electrons. The summed E-state index contributed by atoms with van der Waals surface area (Å²) in [5.74, 6) is -2.27. The highest BCUT2D eigenvalue weighted by Crippen LogP contribution is 2.28. The molecule has 0 atom stereocenters. The number of nitrogens with zero attached hydrogens (tertiary/aromatic N) is 2. The monoisotopic (exact) mass is 406 g/mol. The molecule has 2 aromatic carbocycles. The molecule has 1 saturated heterocycles. The number of carbonyl (C=O) groups excluding carboxylic acids is 2. The van der Waals surface area contributed by atoms with Crippen molar-refractivity contribution >= 4 is 29.0 Å². The molecule has 2 aromatic rings. The molecule has 1 aliphatic heterocycles. The van der Waals surface area contributed by atoms with Crippen LogP contribution in [0.25, 0.3) is 0 Å². The highest BCUT2D eigenvalue weighted by atomic mass is 35.5. The van der Waals surface area contributed by atoms with E-state index in [4.69, 9.17) is 11.6 Å². The fourth-order valence-corrected chi connectivity index (χ4v) is 3.57. The number of benzene rings is 2. The van der Waals surface area contributed by atoms with Crippen LogP contribution in [0.1, 0.15) is 40.5 Å². The third-order valence-corrected chi connectivity index (χ3v) is 5.12. The fourth-order valence-electron chi connectivity index (χ4n) is 3.27. The molecule has 1 heterocycles. The summed E-state index contributed by atoms with van der Waals surface area (Å²) in [5.41, 5.74) is 1.54. The molecule has 148 valence electrons. The minimum absolute atomic E-state index is 0.0675. The average Bonchev–Trinajstić information content (AvgIpc) is 2.70. The maximum Gasteiger partial charge on any atom is 0.254 e. The van der Waals surface area contributed by atoms with Gasteiger partial charge < -0.3 is 9.80 Å². The van der Waals surface area contributed by atoms with Crippen LogP contribution in [0.5, 0.6) is 0 Å². The maximum atomic E-state index is 13.4. The van der Waals surface area contributed by atoms with E-state index in [0.29, 0.717) is 43.2 Å². The number of amides is 1. The number of hydrogen-bond donors (Lipinski definition) is 0. The Morgan fingerprint density at radius 3 is 2.25 bits per heavy atom. The predicted molar refractivity (Wildman–Crippen MR) is 105 cm³/mol. The second kappa shape index (κ2) is 8.69. The number of hydrogen-bond acceptors (Lipinski definition) is 3. The van der Waals surface area contributed by atoms with Gasteiger partial charge in [-0.3, -0.25) is 9.59 Å². The summed E-state index contributed by atoms with van der Waals surface area (Å²) in [5, 5.41) is 0.502. The number of anilines is 1. The molecular weight excluding hydrogens is 386 g/mol. The summed E-state index contributed by atoms with van der Waals surface area (Å²) in [6.07, 6.45) is 1.27. The van der Waals surface area contributed by atoms with E-state index in [2.05, 4.69) is 0 Å². The van der Waals surface area contributed by atoms with Crippen LogP contribution in [0.2, 0.25) is 5.02 Å². The first-order valence-corrected chi connectivity index (χ1v) is 9.60. The number of carbonyl (C=O) groups is 2. The third kappa shape index (κ3) is 4.33. The fraction of sp³-hybridized carbons (Fsp3) is 0.333. The Bertz CT molecular complexity index is 896. The lowest BCUT2D eigenvalue weighted by atomic mass is 10.1. The smallest absolute Gasteiger partial charge is 0.254 e. The SMILES string of the molecule is CCCC(=O)c1ccc(N2CCN(C(=O)c3ccc(F)c(F)c3)CC2)c(Cl)c1. The van der Waals surface area contributed by atoms with Crippen molar-refractivity contribution in [1.82, 2.24) is 4.90 Å². The Hall–Kier alpha value is -2.47. The van der Waals surface area contributed by atoms with Gasteiger partial charge >= 0.3 is 0 Å². The average molecular weight is 407 g/mol. The van der Waals surface area contributed by atoms with Crippen molar-refractivity contribution in [1.29, 1.82) is 0 Å². The quantitative estimate of drug-likeness (QED) is 0.683. The molecule has 0 N–H and O–H groups in total. The minimum atomic E-state index is -1.03. The Morgan fingerprint density at radius 1 is 0.964 bits per heavy atom. The van der Waals surface area contributed by atoms with Crippen molar-refractivity contribution in [3.05, 3.63) is 64.2 Å². The van der Waals surface area contributed by atoms with Gasteiger partial charge in [-0.05, 0) is 42.8 Å². The van der Waals surface area contributed by atoms with Gasteiger partial charge in [0.05, 0.1) is 10.7 Å². The van der Waals surface area contributed by atoms with E-state index in [9.17, 15) is 18.4 Å². The Labute approximate surface area is 167 Å². The van der Waals surface area contributed by atoms with Crippen LogP contribution in [0.15, 0.2) is 36.4 Å². The summed E-state index contributed by atoms with van der Waals surface area (Å²) in [4.78, 5) is 28.2. The Kier molecular flexibility index (Phi) is 6.29. The second-order valence-corrected chi connectivity index (χ2v) is 7.15. The van der Waals surface area contributed by atoms with Crippen LogP contribution in [-0.2, 0) is 0 Å². The van der Waals surface area contributed by atoms with Gasteiger partial charge in [-0.1, -0.05) is 18.5 Å². The lowest BCUT2D eigenvalue weighted by Gasteiger charge is -2.36. The molecule has 3 rings (SSSR count). The van der Waals surface area contributed by atoms with Gasteiger partial charge in [-0.15, -0.1) is 0 Å². The first kappa shape index (κ1) is 20.3. The number of halogens is 3. The molecule has 7 heteroatoms. The van der Waals surface area contributed by atoms with Crippen LogP contribution in [-0.4, -0.2) is 42.8 Å². The Morgan fingerprint density at radius 2 is 1.64 bits per heavy atom. The van der Waals surface area contributed by atoms with Gasteiger partial charge in [0.2, 0.25) is 0 Å². The molecule has 0 aromatic heterocycles. The molecule has 0 saturated carbocycles. The van der Waals surface area contributed by atoms with Gasteiger partial charge in [-0.25, -0.2) is 8.78 Å². The largest absolute Gasteiger partial charge is 0.367 e. The molecule has 0 unspecified atom stereocenters. The molecule has 4 nitrogen and oxygen atoms in total. The lowest BCUT2D eigenvalue weighted by molar-refractivity contribution is 0.0746. The number of piperazine rings is 1. The van der Waals surface area contributed by atoms with Crippen LogP contribution in [0.4, 0.5) is 14.5 Å². The van der Waals surface area contributed by atoms with Gasteiger partial charge in [0.15, 0.2) is 17.4 Å². The van der Waals surface area contributed by atoms with Crippen molar-refractivity contribution in [3.8, 4) is 0 Å². The van der Waals surface area contributed by atoms with E-state index < -0.39 is 11.6 Å². The number of Topliss-reactive ketones (excluding diaryl/α,β-unsaturated/α-hetero) is 1. The molecular formula is C21H21ClF2N2O2. The standard InChI is InChI=1S/C21H21ClF2N2O2/c1-2-3-20(27)14-5-7-19(16(22)12-14)25-8-10-26(11-9-25)21(28)15-4-6-17(23)18(24)13-15/h4-7,12-13H,2-3,8-11H2,1H3. The van der Waals surface area contributed by atoms with E-state index in [0.717, 1.165) is 24.2 Å². The normalized spacial score (nSPS) is 14.3. The van der Waals surface area contributed by atoms with Crippen LogP contribution in [0, 0.1) is 11.6 Å². The van der Waals surface area contributed by atoms with Gasteiger partial charge in [0.1, 0.15) is 0 Å². The first-order valence-electron chi connectivity index (χ1n) is 9.22. The highest BCUT2D eigenvalue weighted by Gasteiger charge is 2.24. The summed E-state index contributed by atoms with van der Waals surface area (Å²) >= 11 is 6.38. The Balaban J connectivity index is 1.65. The van der Waals surface area contributed by atoms with Gasteiger partial charge in [-0.2, -0.15) is 0 Å². The summed E-state index contributed by atoms with van der Waals surface area (Å²) < 4.78 is 26.4. The molecule has 0 aliphatic carbocycles. The second-order valence-electron chi connectivity index (χ2n) is 6.75. The lowest BCUT2D eigenvalue weighted by Crippen LogP contribution is -2.48. The minimum Gasteiger partial charge on any atom is -0.367 e. The molecule has 28 heavy (non-hydrogen) atoms. The van der Waals surface area contributed by atoms with E-state index in [1.54, 1.807) is 17.0 Å². The zero-order chi connectivity index (χ0) is 20.3. The van der Waals surface area contributed by atoms with Crippen molar-refractivity contribution in [2.45, 2.75) is 19.8 Å². The van der Waals surface area contributed by atoms with E-state index in [-0.39, 0.29) is 17.3 Å².